The Morgan fingerprint density at radius 2 is 1.93 bits per heavy atom. The molecule has 0 aromatic heterocycles. The summed E-state index contributed by atoms with van der Waals surface area (Å²) < 4.78 is 0. The van der Waals surface area contributed by atoms with E-state index in [1.807, 2.05) is 0 Å². The van der Waals surface area contributed by atoms with Gasteiger partial charge in [0.05, 0.1) is 12.2 Å². The minimum Gasteiger partial charge on any atom is -0.324 e. The Balaban J connectivity index is 2.84. The van der Waals surface area contributed by atoms with E-state index in [2.05, 4.69) is 10.6 Å². The van der Waals surface area contributed by atoms with Gasteiger partial charge in [-0.1, -0.05) is 12.1 Å². The third kappa shape index (κ3) is 3.18. The molecule has 15 heavy (non-hydrogen) atoms. The minimum absolute atomic E-state index is 0.0599. The van der Waals surface area contributed by atoms with E-state index in [1.54, 1.807) is 31.3 Å². The van der Waals surface area contributed by atoms with Crippen molar-refractivity contribution < 1.29 is 9.59 Å². The summed E-state index contributed by atoms with van der Waals surface area (Å²) in [5.74, 6) is -0.221. The summed E-state index contributed by atoms with van der Waals surface area (Å²) >= 11 is 0. The Morgan fingerprint density at radius 1 is 1.27 bits per heavy atom. The zero-order chi connectivity index (χ0) is 11.3. The molecule has 0 unspecified atom stereocenters. The highest BCUT2D eigenvalue weighted by Crippen LogP contribution is 2.14. The van der Waals surface area contributed by atoms with E-state index in [4.69, 9.17) is 0 Å². The Bertz CT molecular complexity index is 375. The summed E-state index contributed by atoms with van der Waals surface area (Å²) in [5.41, 5.74) is 1.09. The van der Waals surface area contributed by atoms with Gasteiger partial charge in [0.15, 0.2) is 5.78 Å². The highest BCUT2D eigenvalue weighted by molar-refractivity contribution is 6.04. The molecule has 0 aliphatic rings. The maximum Gasteiger partial charge on any atom is 0.238 e. The van der Waals surface area contributed by atoms with Gasteiger partial charge in [0, 0.05) is 5.56 Å². The Kier molecular flexibility index (Phi) is 4.00. The maximum atomic E-state index is 11.3. The standard InChI is InChI=1S/C11H14N2O2/c1-8(14)9-5-3-4-6-10(9)13-11(15)7-12-2/h3-6,12H,7H2,1-2H3,(H,13,15). The number of hydrogen-bond donors (Lipinski definition) is 2. The Morgan fingerprint density at radius 3 is 2.53 bits per heavy atom. The molecule has 0 saturated heterocycles. The fourth-order valence-corrected chi connectivity index (χ4v) is 1.25. The number of carbonyl (C=O) groups excluding carboxylic acids is 2. The fourth-order valence-electron chi connectivity index (χ4n) is 1.25. The van der Waals surface area contributed by atoms with E-state index in [-0.39, 0.29) is 18.2 Å². The van der Waals surface area contributed by atoms with Crippen molar-refractivity contribution in [1.29, 1.82) is 0 Å². The van der Waals surface area contributed by atoms with Gasteiger partial charge < -0.3 is 10.6 Å². The summed E-state index contributed by atoms with van der Waals surface area (Å²) in [6.07, 6.45) is 0. The zero-order valence-corrected chi connectivity index (χ0v) is 8.83. The van der Waals surface area contributed by atoms with Crippen LogP contribution in [-0.2, 0) is 4.79 Å². The second-order valence-corrected chi connectivity index (χ2v) is 3.18. The van der Waals surface area contributed by atoms with E-state index in [1.165, 1.54) is 6.92 Å². The number of ketones is 1. The molecule has 0 radical (unpaired) electrons. The summed E-state index contributed by atoms with van der Waals surface area (Å²) in [6, 6.07) is 6.95. The number of amides is 1. The first-order valence-electron chi connectivity index (χ1n) is 4.69. The number of benzene rings is 1. The Hall–Kier alpha value is -1.68. The van der Waals surface area contributed by atoms with Crippen LogP contribution in [0, 0.1) is 0 Å². The molecule has 0 aliphatic heterocycles. The summed E-state index contributed by atoms with van der Waals surface area (Å²) in [4.78, 5) is 22.5. The van der Waals surface area contributed by atoms with E-state index in [0.717, 1.165) is 0 Å². The lowest BCUT2D eigenvalue weighted by Crippen LogP contribution is -2.25. The number of likely N-dealkylation sites (N-methyl/N-ethyl adjacent to an activating group) is 1. The molecule has 2 N–H and O–H groups in total. The van der Waals surface area contributed by atoms with E-state index < -0.39 is 0 Å². The van der Waals surface area contributed by atoms with E-state index in [0.29, 0.717) is 11.3 Å². The van der Waals surface area contributed by atoms with Crippen LogP contribution in [-0.4, -0.2) is 25.3 Å². The average Bonchev–Trinajstić information content (AvgIpc) is 2.18. The molecule has 0 fully saturated rings. The molecule has 0 bridgehead atoms. The van der Waals surface area contributed by atoms with Crippen LogP contribution in [0.15, 0.2) is 24.3 Å². The van der Waals surface area contributed by atoms with Crippen molar-refractivity contribution in [3.05, 3.63) is 29.8 Å². The first-order chi connectivity index (χ1) is 7.15. The van der Waals surface area contributed by atoms with Crippen LogP contribution in [0.3, 0.4) is 0 Å². The van der Waals surface area contributed by atoms with Crippen LogP contribution in [0.1, 0.15) is 17.3 Å². The number of Topliss-reactive ketones (excluding diaryl/α,β-unsaturated/α-hetero) is 1. The van der Waals surface area contributed by atoms with Gasteiger partial charge in [-0.15, -0.1) is 0 Å². The molecule has 1 aromatic carbocycles. The predicted octanol–water partition coefficient (Wildman–Crippen LogP) is 1.05. The van der Waals surface area contributed by atoms with Gasteiger partial charge in [0.2, 0.25) is 5.91 Å². The smallest absolute Gasteiger partial charge is 0.238 e. The number of rotatable bonds is 4. The summed E-state index contributed by atoms with van der Waals surface area (Å²) in [5, 5.41) is 5.41. The Labute approximate surface area is 88.7 Å². The van der Waals surface area contributed by atoms with Crippen LogP contribution in [0.4, 0.5) is 5.69 Å². The number of anilines is 1. The largest absolute Gasteiger partial charge is 0.324 e. The maximum absolute atomic E-state index is 11.3. The number of hydrogen-bond acceptors (Lipinski definition) is 3. The summed E-state index contributed by atoms with van der Waals surface area (Å²) in [6.45, 7) is 1.70. The highest BCUT2D eigenvalue weighted by Gasteiger charge is 2.08. The topological polar surface area (TPSA) is 58.2 Å². The minimum atomic E-state index is -0.161. The van der Waals surface area contributed by atoms with Gasteiger partial charge in [-0.3, -0.25) is 9.59 Å². The van der Waals surface area contributed by atoms with E-state index in [9.17, 15) is 9.59 Å². The lowest BCUT2D eigenvalue weighted by Gasteiger charge is -2.08. The molecule has 4 heteroatoms. The lowest BCUT2D eigenvalue weighted by molar-refractivity contribution is -0.115. The van der Waals surface area contributed by atoms with Crippen molar-refractivity contribution in [3.63, 3.8) is 0 Å². The molecule has 0 spiro atoms. The number of nitrogens with one attached hydrogen (secondary N) is 2. The molecule has 4 nitrogen and oxygen atoms in total. The molecule has 0 atom stereocenters. The van der Waals surface area contributed by atoms with Crippen molar-refractivity contribution in [1.82, 2.24) is 5.32 Å². The first-order valence-corrected chi connectivity index (χ1v) is 4.69. The third-order valence-electron chi connectivity index (χ3n) is 1.92. The van der Waals surface area contributed by atoms with E-state index >= 15 is 0 Å². The molecule has 0 heterocycles. The van der Waals surface area contributed by atoms with Crippen LogP contribution >= 0.6 is 0 Å². The SMILES string of the molecule is CNCC(=O)Nc1ccccc1C(C)=O. The van der Waals surface area contributed by atoms with Crippen molar-refractivity contribution >= 4 is 17.4 Å². The third-order valence-corrected chi connectivity index (χ3v) is 1.92. The van der Waals surface area contributed by atoms with Crippen LogP contribution < -0.4 is 10.6 Å². The second-order valence-electron chi connectivity index (χ2n) is 3.18. The average molecular weight is 206 g/mol. The van der Waals surface area contributed by atoms with Crippen molar-refractivity contribution in [2.45, 2.75) is 6.92 Å². The van der Waals surface area contributed by atoms with Gasteiger partial charge in [0.25, 0.3) is 0 Å². The van der Waals surface area contributed by atoms with Crippen LogP contribution in [0.5, 0.6) is 0 Å². The monoisotopic (exact) mass is 206 g/mol. The molecule has 1 aromatic rings. The van der Waals surface area contributed by atoms with Gasteiger partial charge >= 0.3 is 0 Å². The molecule has 1 amide bonds. The molecule has 80 valence electrons. The van der Waals surface area contributed by atoms with Crippen molar-refractivity contribution in [2.24, 2.45) is 0 Å². The number of para-hydroxylation sites is 1. The normalized spacial score (nSPS) is 9.73. The molecule has 0 aliphatic carbocycles. The van der Waals surface area contributed by atoms with Crippen molar-refractivity contribution in [3.8, 4) is 0 Å². The van der Waals surface area contributed by atoms with Crippen LogP contribution in [0.2, 0.25) is 0 Å². The number of carbonyl (C=O) groups is 2. The second kappa shape index (κ2) is 5.26. The van der Waals surface area contributed by atoms with Gasteiger partial charge in [-0.25, -0.2) is 0 Å². The van der Waals surface area contributed by atoms with Gasteiger partial charge in [-0.2, -0.15) is 0 Å². The highest BCUT2D eigenvalue weighted by atomic mass is 16.2. The van der Waals surface area contributed by atoms with Crippen LogP contribution in [0.25, 0.3) is 0 Å². The van der Waals surface area contributed by atoms with Gasteiger partial charge in [-0.05, 0) is 26.1 Å². The fraction of sp³-hybridized carbons (Fsp3) is 0.273. The van der Waals surface area contributed by atoms with Gasteiger partial charge in [0.1, 0.15) is 0 Å². The molecule has 0 saturated carbocycles. The predicted molar refractivity (Wildman–Crippen MR) is 59.0 cm³/mol. The zero-order valence-electron chi connectivity index (χ0n) is 8.83. The summed E-state index contributed by atoms with van der Waals surface area (Å²) in [7, 11) is 1.69. The lowest BCUT2D eigenvalue weighted by atomic mass is 10.1. The molecular formula is C11H14N2O2. The molecular weight excluding hydrogens is 192 g/mol. The quantitative estimate of drug-likeness (QED) is 0.724. The first kappa shape index (κ1) is 11.4. The van der Waals surface area contributed by atoms with Crippen molar-refractivity contribution in [2.75, 3.05) is 18.9 Å². The molecule has 1 rings (SSSR count).